The van der Waals surface area contributed by atoms with Crippen LogP contribution in [0, 0.1) is 5.82 Å². The summed E-state index contributed by atoms with van der Waals surface area (Å²) in [6.45, 7) is 0.284. The first kappa shape index (κ1) is 11.7. The van der Waals surface area contributed by atoms with E-state index in [4.69, 9.17) is 22.1 Å². The van der Waals surface area contributed by atoms with Gasteiger partial charge in [-0.3, -0.25) is 0 Å². The van der Waals surface area contributed by atoms with Crippen molar-refractivity contribution in [3.05, 3.63) is 58.9 Å². The van der Waals surface area contributed by atoms with Crippen LogP contribution in [0.15, 0.2) is 42.5 Å². The third kappa shape index (κ3) is 3.11. The third-order valence-corrected chi connectivity index (χ3v) is 2.53. The summed E-state index contributed by atoms with van der Waals surface area (Å²) < 4.78 is 18.3. The van der Waals surface area contributed by atoms with Crippen molar-refractivity contribution in [2.45, 2.75) is 6.61 Å². The highest BCUT2D eigenvalue weighted by Crippen LogP contribution is 2.20. The Morgan fingerprint density at radius 3 is 2.71 bits per heavy atom. The van der Waals surface area contributed by atoms with Crippen LogP contribution < -0.4 is 10.5 Å². The normalized spacial score (nSPS) is 10.2. The van der Waals surface area contributed by atoms with E-state index in [0.717, 1.165) is 5.56 Å². The van der Waals surface area contributed by atoms with Crippen LogP contribution >= 0.6 is 11.6 Å². The highest BCUT2D eigenvalue weighted by molar-refractivity contribution is 6.30. The molecule has 0 amide bonds. The summed E-state index contributed by atoms with van der Waals surface area (Å²) in [6, 6.07) is 11.3. The molecule has 0 unspecified atom stereocenters. The molecule has 2 nitrogen and oxygen atoms in total. The van der Waals surface area contributed by atoms with E-state index in [1.807, 2.05) is 0 Å². The number of nitrogen functional groups attached to an aromatic ring is 1. The minimum absolute atomic E-state index is 0.284. The molecule has 2 aromatic rings. The molecule has 88 valence electrons. The largest absolute Gasteiger partial charge is 0.489 e. The van der Waals surface area contributed by atoms with Gasteiger partial charge in [-0.05, 0) is 30.3 Å². The molecular weight excluding hydrogens is 241 g/mol. The van der Waals surface area contributed by atoms with Gasteiger partial charge in [-0.15, -0.1) is 0 Å². The van der Waals surface area contributed by atoms with E-state index in [1.165, 1.54) is 12.1 Å². The first-order valence-corrected chi connectivity index (χ1v) is 5.45. The van der Waals surface area contributed by atoms with Crippen molar-refractivity contribution in [2.75, 3.05) is 5.73 Å². The molecule has 0 bridgehead atoms. The maximum atomic E-state index is 12.8. The molecule has 0 heterocycles. The van der Waals surface area contributed by atoms with Crippen molar-refractivity contribution >= 4 is 17.3 Å². The van der Waals surface area contributed by atoms with Gasteiger partial charge in [0, 0.05) is 16.3 Å². The number of benzene rings is 2. The van der Waals surface area contributed by atoms with Crippen molar-refractivity contribution in [3.8, 4) is 5.75 Å². The van der Waals surface area contributed by atoms with Gasteiger partial charge in [-0.2, -0.15) is 0 Å². The molecule has 0 radical (unpaired) electrons. The van der Waals surface area contributed by atoms with Gasteiger partial charge < -0.3 is 10.5 Å². The Labute approximate surface area is 104 Å². The summed E-state index contributed by atoms with van der Waals surface area (Å²) in [6.07, 6.45) is 0. The van der Waals surface area contributed by atoms with Crippen LogP contribution in [-0.4, -0.2) is 0 Å². The maximum absolute atomic E-state index is 12.8. The zero-order valence-electron chi connectivity index (χ0n) is 8.99. The Balaban J connectivity index is 2.07. The molecule has 0 aliphatic carbocycles. The van der Waals surface area contributed by atoms with E-state index < -0.39 is 0 Å². The van der Waals surface area contributed by atoms with Gasteiger partial charge in [-0.1, -0.05) is 23.7 Å². The number of hydrogen-bond acceptors (Lipinski definition) is 2. The Hall–Kier alpha value is -1.74. The lowest BCUT2D eigenvalue weighted by Crippen LogP contribution is -2.00. The first-order chi connectivity index (χ1) is 8.15. The summed E-state index contributed by atoms with van der Waals surface area (Å²) in [4.78, 5) is 0. The predicted molar refractivity (Wildman–Crippen MR) is 66.6 cm³/mol. The Bertz CT molecular complexity index is 531. The third-order valence-electron chi connectivity index (χ3n) is 2.30. The molecule has 0 aliphatic heterocycles. The van der Waals surface area contributed by atoms with Crippen LogP contribution in [0.1, 0.15) is 5.56 Å². The minimum Gasteiger partial charge on any atom is -0.489 e. The van der Waals surface area contributed by atoms with Gasteiger partial charge in [0.05, 0.1) is 0 Å². The molecular formula is C13H11ClFNO. The average molecular weight is 252 g/mol. The number of nitrogens with two attached hydrogens (primary N) is 1. The lowest BCUT2D eigenvalue weighted by atomic mass is 10.2. The minimum atomic E-state index is -0.353. The second-order valence-corrected chi connectivity index (χ2v) is 4.03. The average Bonchev–Trinajstić information content (AvgIpc) is 2.28. The van der Waals surface area contributed by atoms with Crippen molar-refractivity contribution in [3.63, 3.8) is 0 Å². The van der Waals surface area contributed by atoms with Crippen molar-refractivity contribution in [1.29, 1.82) is 0 Å². The van der Waals surface area contributed by atoms with E-state index in [1.54, 1.807) is 30.3 Å². The summed E-state index contributed by atoms with van der Waals surface area (Å²) in [5.41, 5.74) is 6.79. The van der Waals surface area contributed by atoms with Gasteiger partial charge in [-0.25, -0.2) is 4.39 Å². The topological polar surface area (TPSA) is 35.2 Å². The van der Waals surface area contributed by atoms with E-state index >= 15 is 0 Å². The number of anilines is 1. The smallest absolute Gasteiger partial charge is 0.125 e. The highest BCUT2D eigenvalue weighted by atomic mass is 35.5. The standard InChI is InChI=1S/C13H11ClFNO/c14-10-2-1-3-12(6-10)17-8-9-4-5-11(15)7-13(9)16/h1-7H,8,16H2. The molecule has 0 spiro atoms. The molecule has 0 aromatic heterocycles. The molecule has 4 heteroatoms. The monoisotopic (exact) mass is 251 g/mol. The van der Waals surface area contributed by atoms with Crippen molar-refractivity contribution < 1.29 is 9.13 Å². The second-order valence-electron chi connectivity index (χ2n) is 3.59. The molecule has 0 aliphatic rings. The van der Waals surface area contributed by atoms with E-state index in [-0.39, 0.29) is 12.4 Å². The Morgan fingerprint density at radius 2 is 2.00 bits per heavy atom. The zero-order valence-corrected chi connectivity index (χ0v) is 9.75. The molecule has 0 fully saturated rings. The molecule has 0 atom stereocenters. The Morgan fingerprint density at radius 1 is 1.18 bits per heavy atom. The molecule has 2 rings (SSSR count). The number of halogens is 2. The van der Waals surface area contributed by atoms with E-state index in [0.29, 0.717) is 16.5 Å². The van der Waals surface area contributed by atoms with Gasteiger partial charge in [0.2, 0.25) is 0 Å². The summed E-state index contributed by atoms with van der Waals surface area (Å²) in [5.74, 6) is 0.301. The van der Waals surface area contributed by atoms with Crippen LogP contribution in [0.2, 0.25) is 5.02 Å². The van der Waals surface area contributed by atoms with Gasteiger partial charge in [0.1, 0.15) is 18.2 Å². The van der Waals surface area contributed by atoms with Gasteiger partial charge in [0.25, 0.3) is 0 Å². The fourth-order valence-corrected chi connectivity index (χ4v) is 1.60. The van der Waals surface area contributed by atoms with Gasteiger partial charge >= 0.3 is 0 Å². The van der Waals surface area contributed by atoms with E-state index in [9.17, 15) is 4.39 Å². The number of hydrogen-bond donors (Lipinski definition) is 1. The zero-order chi connectivity index (χ0) is 12.3. The predicted octanol–water partition coefficient (Wildman–Crippen LogP) is 3.64. The second kappa shape index (κ2) is 5.06. The van der Waals surface area contributed by atoms with Crippen molar-refractivity contribution in [1.82, 2.24) is 0 Å². The molecule has 0 saturated carbocycles. The highest BCUT2D eigenvalue weighted by Gasteiger charge is 2.02. The van der Waals surface area contributed by atoms with Crippen LogP contribution in [0.5, 0.6) is 5.75 Å². The lowest BCUT2D eigenvalue weighted by Gasteiger charge is -2.08. The molecule has 2 aromatic carbocycles. The quantitative estimate of drug-likeness (QED) is 0.846. The molecule has 2 N–H and O–H groups in total. The summed E-state index contributed by atoms with van der Waals surface area (Å²) >= 11 is 5.82. The maximum Gasteiger partial charge on any atom is 0.125 e. The van der Waals surface area contributed by atoms with E-state index in [2.05, 4.69) is 0 Å². The van der Waals surface area contributed by atoms with Crippen LogP contribution in [0.4, 0.5) is 10.1 Å². The van der Waals surface area contributed by atoms with Crippen LogP contribution in [0.3, 0.4) is 0 Å². The SMILES string of the molecule is Nc1cc(F)ccc1COc1cccc(Cl)c1. The first-order valence-electron chi connectivity index (χ1n) is 5.07. The van der Waals surface area contributed by atoms with Crippen LogP contribution in [0.25, 0.3) is 0 Å². The number of ether oxygens (including phenoxy) is 1. The lowest BCUT2D eigenvalue weighted by molar-refractivity contribution is 0.307. The molecule has 17 heavy (non-hydrogen) atoms. The fraction of sp³-hybridized carbons (Fsp3) is 0.0769. The Kier molecular flexibility index (Phi) is 3.49. The summed E-state index contributed by atoms with van der Waals surface area (Å²) in [7, 11) is 0. The van der Waals surface area contributed by atoms with Crippen LogP contribution in [-0.2, 0) is 6.61 Å². The number of rotatable bonds is 3. The van der Waals surface area contributed by atoms with Gasteiger partial charge in [0.15, 0.2) is 0 Å². The fourth-order valence-electron chi connectivity index (χ4n) is 1.42. The van der Waals surface area contributed by atoms with Crippen molar-refractivity contribution in [2.24, 2.45) is 0 Å². The summed E-state index contributed by atoms with van der Waals surface area (Å²) in [5, 5.41) is 0.606. The molecule has 0 saturated heterocycles.